The van der Waals surface area contributed by atoms with E-state index in [1.165, 1.54) is 17.7 Å². The van der Waals surface area contributed by atoms with Crippen LogP contribution in [0, 0.1) is 5.92 Å². The first-order valence-electron chi connectivity index (χ1n) is 8.70. The van der Waals surface area contributed by atoms with Crippen molar-refractivity contribution in [1.82, 2.24) is 5.32 Å². The van der Waals surface area contributed by atoms with E-state index >= 15 is 0 Å². The van der Waals surface area contributed by atoms with Gasteiger partial charge < -0.3 is 14.8 Å². The molecule has 1 saturated heterocycles. The van der Waals surface area contributed by atoms with Gasteiger partial charge in [-0.2, -0.15) is 0 Å². The first-order chi connectivity index (χ1) is 12.5. The van der Waals surface area contributed by atoms with Gasteiger partial charge in [0, 0.05) is 18.0 Å². The molecule has 1 aliphatic heterocycles. The van der Waals surface area contributed by atoms with Gasteiger partial charge in [0.25, 0.3) is 0 Å². The van der Waals surface area contributed by atoms with E-state index in [2.05, 4.69) is 22.2 Å². The SMILES string of the molecule is FC(F)(F)Oc1ccccc1COCC1CNCCC1c1ccccc1. The van der Waals surface area contributed by atoms with Crippen molar-refractivity contribution < 1.29 is 22.6 Å². The third kappa shape index (κ3) is 5.22. The highest BCUT2D eigenvalue weighted by Crippen LogP contribution is 2.31. The summed E-state index contributed by atoms with van der Waals surface area (Å²) in [5.41, 5.74) is 1.67. The smallest absolute Gasteiger partial charge is 0.405 e. The molecular weight excluding hydrogens is 343 g/mol. The number of nitrogens with one attached hydrogen (secondary N) is 1. The van der Waals surface area contributed by atoms with E-state index in [1.54, 1.807) is 12.1 Å². The normalized spacial score (nSPS) is 20.7. The zero-order valence-electron chi connectivity index (χ0n) is 14.3. The van der Waals surface area contributed by atoms with Crippen molar-refractivity contribution in [3.8, 4) is 5.75 Å². The van der Waals surface area contributed by atoms with Gasteiger partial charge in [0.1, 0.15) is 5.75 Å². The Morgan fingerprint density at radius 2 is 1.73 bits per heavy atom. The molecule has 2 atom stereocenters. The maximum absolute atomic E-state index is 12.5. The molecule has 2 unspecified atom stereocenters. The minimum absolute atomic E-state index is 0.0876. The fraction of sp³-hybridized carbons (Fsp3) is 0.400. The summed E-state index contributed by atoms with van der Waals surface area (Å²) in [4.78, 5) is 0. The summed E-state index contributed by atoms with van der Waals surface area (Å²) in [5, 5.41) is 3.37. The topological polar surface area (TPSA) is 30.5 Å². The molecule has 0 radical (unpaired) electrons. The summed E-state index contributed by atoms with van der Waals surface area (Å²) < 4.78 is 47.4. The van der Waals surface area contributed by atoms with Crippen molar-refractivity contribution in [2.24, 2.45) is 5.92 Å². The maximum atomic E-state index is 12.5. The minimum Gasteiger partial charge on any atom is -0.405 e. The molecule has 1 heterocycles. The van der Waals surface area contributed by atoms with Crippen molar-refractivity contribution in [3.05, 3.63) is 65.7 Å². The number of piperidine rings is 1. The second kappa shape index (κ2) is 8.56. The van der Waals surface area contributed by atoms with Crippen LogP contribution < -0.4 is 10.1 Å². The van der Waals surface area contributed by atoms with Crippen LogP contribution >= 0.6 is 0 Å². The van der Waals surface area contributed by atoms with Crippen LogP contribution in [0.4, 0.5) is 13.2 Å². The van der Waals surface area contributed by atoms with Crippen LogP contribution in [0.1, 0.15) is 23.5 Å². The maximum Gasteiger partial charge on any atom is 0.573 e. The largest absolute Gasteiger partial charge is 0.573 e. The van der Waals surface area contributed by atoms with Crippen LogP contribution in [-0.2, 0) is 11.3 Å². The fourth-order valence-corrected chi connectivity index (χ4v) is 3.40. The van der Waals surface area contributed by atoms with Crippen LogP contribution in [0.25, 0.3) is 0 Å². The minimum atomic E-state index is -4.71. The Hall–Kier alpha value is -2.05. The highest BCUT2D eigenvalue weighted by molar-refractivity contribution is 5.32. The number of hydrogen-bond acceptors (Lipinski definition) is 3. The molecule has 3 rings (SSSR count). The van der Waals surface area contributed by atoms with Gasteiger partial charge >= 0.3 is 6.36 Å². The van der Waals surface area contributed by atoms with Crippen LogP contribution in [0.3, 0.4) is 0 Å². The van der Waals surface area contributed by atoms with Gasteiger partial charge in [-0.3, -0.25) is 0 Å². The number of hydrogen-bond donors (Lipinski definition) is 1. The van der Waals surface area contributed by atoms with Gasteiger partial charge in [0.2, 0.25) is 0 Å². The highest BCUT2D eigenvalue weighted by atomic mass is 19.4. The highest BCUT2D eigenvalue weighted by Gasteiger charge is 2.32. The Morgan fingerprint density at radius 1 is 1.00 bits per heavy atom. The zero-order chi connectivity index (χ0) is 18.4. The lowest BCUT2D eigenvalue weighted by Gasteiger charge is -2.32. The second-order valence-electron chi connectivity index (χ2n) is 6.44. The fourth-order valence-electron chi connectivity index (χ4n) is 3.40. The van der Waals surface area contributed by atoms with Gasteiger partial charge in [0.05, 0.1) is 13.2 Å². The summed E-state index contributed by atoms with van der Waals surface area (Å²) >= 11 is 0. The molecule has 1 fully saturated rings. The molecule has 3 nitrogen and oxygen atoms in total. The third-order valence-corrected chi connectivity index (χ3v) is 4.62. The number of rotatable bonds is 6. The Bertz CT molecular complexity index is 691. The summed E-state index contributed by atoms with van der Waals surface area (Å²) in [6.45, 7) is 2.36. The molecule has 140 valence electrons. The molecule has 0 aliphatic carbocycles. The Kier molecular flexibility index (Phi) is 6.16. The van der Waals surface area contributed by atoms with E-state index in [0.717, 1.165) is 19.5 Å². The number of para-hydroxylation sites is 1. The lowest BCUT2D eigenvalue weighted by atomic mass is 9.81. The van der Waals surface area contributed by atoms with Crippen LogP contribution in [0.15, 0.2) is 54.6 Å². The molecule has 1 aliphatic rings. The Morgan fingerprint density at radius 3 is 2.50 bits per heavy atom. The van der Waals surface area contributed by atoms with E-state index in [1.807, 2.05) is 18.2 Å². The molecule has 2 aromatic carbocycles. The average Bonchev–Trinajstić information content (AvgIpc) is 2.63. The Labute approximate surface area is 151 Å². The van der Waals surface area contributed by atoms with Crippen LogP contribution in [0.5, 0.6) is 5.75 Å². The number of benzene rings is 2. The summed E-state index contributed by atoms with van der Waals surface area (Å²) in [7, 11) is 0. The van der Waals surface area contributed by atoms with E-state index in [4.69, 9.17) is 4.74 Å². The van der Waals surface area contributed by atoms with Crippen molar-refractivity contribution in [3.63, 3.8) is 0 Å². The number of ether oxygens (including phenoxy) is 2. The summed E-state index contributed by atoms with van der Waals surface area (Å²) in [6, 6.07) is 16.4. The van der Waals surface area contributed by atoms with Gasteiger partial charge in [-0.25, -0.2) is 0 Å². The molecule has 2 aromatic rings. The lowest BCUT2D eigenvalue weighted by molar-refractivity contribution is -0.275. The van der Waals surface area contributed by atoms with E-state index in [9.17, 15) is 13.2 Å². The lowest BCUT2D eigenvalue weighted by Crippen LogP contribution is -2.37. The first-order valence-corrected chi connectivity index (χ1v) is 8.70. The molecule has 6 heteroatoms. The molecule has 0 amide bonds. The van der Waals surface area contributed by atoms with Crippen molar-refractivity contribution >= 4 is 0 Å². The van der Waals surface area contributed by atoms with Gasteiger partial charge in [-0.05, 0) is 30.5 Å². The van der Waals surface area contributed by atoms with Crippen molar-refractivity contribution in [2.45, 2.75) is 25.3 Å². The molecule has 26 heavy (non-hydrogen) atoms. The number of alkyl halides is 3. The molecule has 0 bridgehead atoms. The predicted molar refractivity (Wildman–Crippen MR) is 92.9 cm³/mol. The van der Waals surface area contributed by atoms with Crippen LogP contribution in [0.2, 0.25) is 0 Å². The van der Waals surface area contributed by atoms with E-state index < -0.39 is 6.36 Å². The van der Waals surface area contributed by atoms with Crippen LogP contribution in [-0.4, -0.2) is 26.1 Å². The van der Waals surface area contributed by atoms with Gasteiger partial charge in [0.15, 0.2) is 0 Å². The number of halogens is 3. The summed E-state index contributed by atoms with van der Waals surface area (Å²) in [5.74, 6) is 0.461. The molecule has 0 spiro atoms. The first kappa shape index (κ1) is 18.7. The summed E-state index contributed by atoms with van der Waals surface area (Å²) in [6.07, 6.45) is -3.69. The molecule has 0 aromatic heterocycles. The van der Waals surface area contributed by atoms with Crippen molar-refractivity contribution in [2.75, 3.05) is 19.7 Å². The monoisotopic (exact) mass is 365 g/mol. The predicted octanol–water partition coefficient (Wildman–Crippen LogP) is 4.50. The average molecular weight is 365 g/mol. The zero-order valence-corrected chi connectivity index (χ0v) is 14.3. The standard InChI is InChI=1S/C20H22F3NO2/c21-20(22,23)26-19-9-5-4-8-16(19)13-25-14-17-12-24-11-10-18(17)15-6-2-1-3-7-15/h1-9,17-18,24H,10-14H2. The molecular formula is C20H22F3NO2. The Balaban J connectivity index is 1.60. The molecule has 0 saturated carbocycles. The van der Waals surface area contributed by atoms with Gasteiger partial charge in [-0.1, -0.05) is 48.5 Å². The molecule has 1 N–H and O–H groups in total. The quantitative estimate of drug-likeness (QED) is 0.818. The second-order valence-corrected chi connectivity index (χ2v) is 6.44. The van der Waals surface area contributed by atoms with E-state index in [0.29, 0.717) is 18.1 Å². The third-order valence-electron chi connectivity index (χ3n) is 4.62. The van der Waals surface area contributed by atoms with Crippen molar-refractivity contribution in [1.29, 1.82) is 0 Å². The van der Waals surface area contributed by atoms with Gasteiger partial charge in [-0.15, -0.1) is 13.2 Å². The van der Waals surface area contributed by atoms with E-state index in [-0.39, 0.29) is 18.3 Å².